The molecule has 106 valence electrons. The number of thioether (sulfide) groups is 1. The monoisotopic (exact) mass is 307 g/mol. The van der Waals surface area contributed by atoms with Gasteiger partial charge in [-0.3, -0.25) is 0 Å². The summed E-state index contributed by atoms with van der Waals surface area (Å²) in [6.45, 7) is 4.23. The van der Waals surface area contributed by atoms with Gasteiger partial charge in [0.1, 0.15) is 5.01 Å². The highest BCUT2D eigenvalue weighted by molar-refractivity contribution is 7.99. The molecule has 0 radical (unpaired) electrons. The number of rotatable bonds is 6. The van der Waals surface area contributed by atoms with Gasteiger partial charge in [0.2, 0.25) is 0 Å². The Morgan fingerprint density at radius 2 is 2.05 bits per heavy atom. The lowest BCUT2D eigenvalue weighted by Gasteiger charge is -2.13. The van der Waals surface area contributed by atoms with Crippen LogP contribution in [-0.2, 0) is 0 Å². The number of carbonyl (C=O) groups is 1. The maximum absolute atomic E-state index is 10.9. The fraction of sp³-hybridized carbons (Fsp3) is 0.333. The smallest absolute Gasteiger partial charge is 0.355 e. The quantitative estimate of drug-likeness (QED) is 0.799. The Kier molecular flexibility index (Phi) is 5.20. The number of carboxylic acid groups (broad SMARTS) is 1. The van der Waals surface area contributed by atoms with Crippen molar-refractivity contribution in [2.75, 3.05) is 5.75 Å². The van der Waals surface area contributed by atoms with E-state index in [2.05, 4.69) is 43.1 Å². The predicted octanol–water partition coefficient (Wildman–Crippen LogP) is 4.50. The van der Waals surface area contributed by atoms with Crippen molar-refractivity contribution >= 4 is 29.1 Å². The highest BCUT2D eigenvalue weighted by Gasteiger charge is 2.18. The molecule has 0 amide bonds. The van der Waals surface area contributed by atoms with Gasteiger partial charge in [-0.25, -0.2) is 9.78 Å². The number of carboxylic acids is 1. The Hall–Kier alpha value is -1.33. The molecule has 0 aliphatic heterocycles. The van der Waals surface area contributed by atoms with E-state index in [1.807, 2.05) is 11.8 Å². The highest BCUT2D eigenvalue weighted by atomic mass is 32.2. The van der Waals surface area contributed by atoms with Crippen LogP contribution in [-0.4, -0.2) is 21.8 Å². The van der Waals surface area contributed by atoms with Gasteiger partial charge in [0.05, 0.1) is 0 Å². The molecule has 0 saturated carbocycles. The Bertz CT molecular complexity index is 578. The van der Waals surface area contributed by atoms with Gasteiger partial charge in [-0.15, -0.1) is 23.1 Å². The SMILES string of the molecule is CCSc1ccc(C(CC)c2nc(C(=O)O)cs2)cc1. The van der Waals surface area contributed by atoms with Crippen LogP contribution < -0.4 is 0 Å². The molecule has 0 fully saturated rings. The van der Waals surface area contributed by atoms with E-state index in [1.165, 1.54) is 21.8 Å². The van der Waals surface area contributed by atoms with Gasteiger partial charge in [-0.1, -0.05) is 26.0 Å². The molecule has 1 aromatic carbocycles. The second-order valence-electron chi connectivity index (χ2n) is 4.34. The molecule has 1 atom stereocenters. The topological polar surface area (TPSA) is 50.2 Å². The first kappa shape index (κ1) is 15.1. The number of hydrogen-bond donors (Lipinski definition) is 1. The van der Waals surface area contributed by atoms with Crippen LogP contribution >= 0.6 is 23.1 Å². The van der Waals surface area contributed by atoms with E-state index in [-0.39, 0.29) is 11.6 Å². The molecule has 0 aliphatic carbocycles. The van der Waals surface area contributed by atoms with Crippen molar-refractivity contribution in [3.05, 3.63) is 45.9 Å². The number of hydrogen-bond acceptors (Lipinski definition) is 4. The predicted molar refractivity (Wildman–Crippen MR) is 84.0 cm³/mol. The largest absolute Gasteiger partial charge is 0.476 e. The van der Waals surface area contributed by atoms with Gasteiger partial charge in [0.25, 0.3) is 0 Å². The van der Waals surface area contributed by atoms with Crippen molar-refractivity contribution in [2.24, 2.45) is 0 Å². The van der Waals surface area contributed by atoms with Crippen LogP contribution in [0.5, 0.6) is 0 Å². The molecule has 20 heavy (non-hydrogen) atoms. The summed E-state index contributed by atoms with van der Waals surface area (Å²) in [5, 5.41) is 11.4. The first-order valence-electron chi connectivity index (χ1n) is 6.57. The van der Waals surface area contributed by atoms with Crippen molar-refractivity contribution in [1.82, 2.24) is 4.98 Å². The molecule has 2 rings (SSSR count). The minimum atomic E-state index is -0.961. The molecule has 0 aliphatic rings. The normalized spacial score (nSPS) is 12.3. The summed E-state index contributed by atoms with van der Waals surface area (Å²) in [6.07, 6.45) is 0.910. The van der Waals surface area contributed by atoms with E-state index >= 15 is 0 Å². The van der Waals surface area contributed by atoms with E-state index in [4.69, 9.17) is 5.11 Å². The number of thiazole rings is 1. The molecular weight excluding hydrogens is 290 g/mol. The lowest BCUT2D eigenvalue weighted by molar-refractivity contribution is 0.0691. The standard InChI is InChI=1S/C15H17NO2S2/c1-3-12(14-16-13(9-20-14)15(17)18)10-5-7-11(8-6-10)19-4-2/h5-9,12H,3-4H2,1-2H3,(H,17,18). The molecule has 0 bridgehead atoms. The maximum atomic E-state index is 10.9. The van der Waals surface area contributed by atoms with Gasteiger partial charge in [0, 0.05) is 16.2 Å². The van der Waals surface area contributed by atoms with Gasteiger partial charge < -0.3 is 5.11 Å². The molecule has 3 nitrogen and oxygen atoms in total. The van der Waals surface area contributed by atoms with Crippen LogP contribution in [0, 0.1) is 0 Å². The lowest BCUT2D eigenvalue weighted by Crippen LogP contribution is -2.02. The van der Waals surface area contributed by atoms with E-state index in [9.17, 15) is 4.79 Å². The molecule has 1 unspecified atom stereocenters. The molecule has 5 heteroatoms. The Morgan fingerprint density at radius 3 is 2.55 bits per heavy atom. The second kappa shape index (κ2) is 6.90. The lowest BCUT2D eigenvalue weighted by atomic mass is 9.97. The molecule has 0 saturated heterocycles. The average molecular weight is 307 g/mol. The second-order valence-corrected chi connectivity index (χ2v) is 6.57. The summed E-state index contributed by atoms with van der Waals surface area (Å²) in [5.41, 5.74) is 1.33. The van der Waals surface area contributed by atoms with Crippen LogP contribution in [0.1, 0.15) is 47.2 Å². The highest BCUT2D eigenvalue weighted by Crippen LogP contribution is 2.31. The van der Waals surface area contributed by atoms with E-state index in [0.29, 0.717) is 0 Å². The van der Waals surface area contributed by atoms with Crippen molar-refractivity contribution in [1.29, 1.82) is 0 Å². The zero-order valence-electron chi connectivity index (χ0n) is 11.5. The van der Waals surface area contributed by atoms with Crippen molar-refractivity contribution < 1.29 is 9.90 Å². The Balaban J connectivity index is 2.24. The zero-order chi connectivity index (χ0) is 14.5. The van der Waals surface area contributed by atoms with Crippen LogP contribution in [0.25, 0.3) is 0 Å². The van der Waals surface area contributed by atoms with E-state index < -0.39 is 5.97 Å². The van der Waals surface area contributed by atoms with Crippen molar-refractivity contribution in [3.8, 4) is 0 Å². The average Bonchev–Trinajstić information content (AvgIpc) is 2.92. The molecule has 2 aromatic rings. The minimum Gasteiger partial charge on any atom is -0.476 e. The summed E-state index contributed by atoms with van der Waals surface area (Å²) in [7, 11) is 0. The Labute approximate surface area is 127 Å². The van der Waals surface area contributed by atoms with Crippen LogP contribution in [0.4, 0.5) is 0 Å². The summed E-state index contributed by atoms with van der Waals surface area (Å²) in [5.74, 6) is 0.274. The summed E-state index contributed by atoms with van der Waals surface area (Å²) >= 11 is 3.24. The van der Waals surface area contributed by atoms with Gasteiger partial charge in [-0.05, 0) is 29.9 Å². The number of nitrogens with zero attached hydrogens (tertiary/aromatic N) is 1. The van der Waals surface area contributed by atoms with Crippen molar-refractivity contribution in [3.63, 3.8) is 0 Å². The third-order valence-electron chi connectivity index (χ3n) is 3.04. The third-order valence-corrected chi connectivity index (χ3v) is 4.89. The van der Waals surface area contributed by atoms with Gasteiger partial charge in [-0.2, -0.15) is 0 Å². The number of aromatic carboxylic acids is 1. The van der Waals surface area contributed by atoms with Crippen molar-refractivity contribution in [2.45, 2.75) is 31.1 Å². The van der Waals surface area contributed by atoms with Crippen LogP contribution in [0.3, 0.4) is 0 Å². The fourth-order valence-corrected chi connectivity index (χ4v) is 3.73. The van der Waals surface area contributed by atoms with Crippen LogP contribution in [0.15, 0.2) is 34.5 Å². The summed E-state index contributed by atoms with van der Waals surface area (Å²) in [4.78, 5) is 16.4. The fourth-order valence-electron chi connectivity index (χ4n) is 2.06. The number of benzene rings is 1. The van der Waals surface area contributed by atoms with Gasteiger partial charge in [0.15, 0.2) is 5.69 Å². The van der Waals surface area contributed by atoms with Gasteiger partial charge >= 0.3 is 5.97 Å². The molecule has 1 aromatic heterocycles. The minimum absolute atomic E-state index is 0.140. The van der Waals surface area contributed by atoms with E-state index in [1.54, 1.807) is 5.38 Å². The molecule has 1 N–H and O–H groups in total. The summed E-state index contributed by atoms with van der Waals surface area (Å²) < 4.78 is 0. The summed E-state index contributed by atoms with van der Waals surface area (Å²) in [6, 6.07) is 8.48. The molecular formula is C15H17NO2S2. The van der Waals surface area contributed by atoms with E-state index in [0.717, 1.165) is 17.2 Å². The number of aromatic nitrogens is 1. The van der Waals surface area contributed by atoms with Crippen LogP contribution in [0.2, 0.25) is 0 Å². The first-order chi connectivity index (χ1) is 9.65. The first-order valence-corrected chi connectivity index (χ1v) is 8.43. The Morgan fingerprint density at radius 1 is 1.35 bits per heavy atom. The molecule has 1 heterocycles. The molecule has 0 spiro atoms. The maximum Gasteiger partial charge on any atom is 0.355 e. The third kappa shape index (κ3) is 3.41. The zero-order valence-corrected chi connectivity index (χ0v) is 13.1.